The molecule has 0 unspecified atom stereocenters. The number of benzene rings is 4. The molecule has 0 radical (unpaired) electrons. The molecule has 4 aromatic carbocycles. The maximum Gasteiger partial charge on any atom is 0.293 e. The number of thioether (sulfide) groups is 1. The molecule has 1 saturated heterocycles. The lowest BCUT2D eigenvalue weighted by molar-refractivity contribution is -0.123. The zero-order valence-corrected chi connectivity index (χ0v) is 20.7. The summed E-state index contributed by atoms with van der Waals surface area (Å²) in [5, 5.41) is 2.84. The van der Waals surface area contributed by atoms with E-state index in [0.29, 0.717) is 21.6 Å². The number of ether oxygens (including phenoxy) is 1. The lowest BCUT2D eigenvalue weighted by Crippen LogP contribution is -2.27. The molecule has 5 rings (SSSR count). The van der Waals surface area contributed by atoms with Crippen LogP contribution in [0.15, 0.2) is 89.8 Å². The molecule has 1 heterocycles. The first-order chi connectivity index (χ1) is 17.0. The summed E-state index contributed by atoms with van der Waals surface area (Å²) in [4.78, 5) is 26.9. The van der Waals surface area contributed by atoms with Gasteiger partial charge in [-0.1, -0.05) is 83.9 Å². The van der Waals surface area contributed by atoms with Gasteiger partial charge in [-0.2, -0.15) is 0 Å². The van der Waals surface area contributed by atoms with Crippen LogP contribution in [0.2, 0.25) is 10.0 Å². The third kappa shape index (κ3) is 5.22. The van der Waals surface area contributed by atoms with Crippen molar-refractivity contribution in [2.45, 2.75) is 13.2 Å². The van der Waals surface area contributed by atoms with Crippen molar-refractivity contribution in [2.24, 2.45) is 0 Å². The Morgan fingerprint density at radius 3 is 2.43 bits per heavy atom. The Bertz CT molecular complexity index is 1460. The molecular weight excluding hydrogens is 501 g/mol. The van der Waals surface area contributed by atoms with Crippen LogP contribution in [0.25, 0.3) is 16.8 Å². The van der Waals surface area contributed by atoms with Crippen LogP contribution < -0.4 is 4.74 Å². The lowest BCUT2D eigenvalue weighted by atomic mass is 10.1. The maximum absolute atomic E-state index is 12.8. The standard InChI is InChI=1S/C28H19Cl2NO3S/c29-24-13-10-19(14-25(24)30)16-31-27(32)26(35-28(31)33)15-18-8-11-22(12-9-18)34-17-21-6-3-5-20-4-1-2-7-23(20)21/h1-15H,16-17H2/b26-15+. The van der Waals surface area contributed by atoms with Crippen LogP contribution >= 0.6 is 35.0 Å². The molecule has 7 heteroatoms. The van der Waals surface area contributed by atoms with Gasteiger partial charge < -0.3 is 4.74 Å². The van der Waals surface area contributed by atoms with Crippen LogP contribution in [-0.2, 0) is 17.9 Å². The number of amides is 2. The second kappa shape index (κ2) is 10.2. The van der Waals surface area contributed by atoms with Crippen molar-refractivity contribution in [3.05, 3.63) is 117 Å². The van der Waals surface area contributed by atoms with E-state index in [1.54, 1.807) is 24.3 Å². The molecule has 0 spiro atoms. The summed E-state index contributed by atoms with van der Waals surface area (Å²) < 4.78 is 5.99. The quantitative estimate of drug-likeness (QED) is 0.242. The minimum absolute atomic E-state index is 0.139. The summed E-state index contributed by atoms with van der Waals surface area (Å²) in [5.74, 6) is 0.394. The van der Waals surface area contributed by atoms with Crippen molar-refractivity contribution in [3.63, 3.8) is 0 Å². The maximum atomic E-state index is 12.8. The van der Waals surface area contributed by atoms with E-state index in [1.165, 1.54) is 15.7 Å². The number of carbonyl (C=O) groups is 2. The van der Waals surface area contributed by atoms with Crippen molar-refractivity contribution < 1.29 is 14.3 Å². The van der Waals surface area contributed by atoms with Gasteiger partial charge in [0.1, 0.15) is 12.4 Å². The van der Waals surface area contributed by atoms with Gasteiger partial charge in [0, 0.05) is 0 Å². The fourth-order valence-electron chi connectivity index (χ4n) is 3.85. The van der Waals surface area contributed by atoms with E-state index in [1.807, 2.05) is 42.5 Å². The van der Waals surface area contributed by atoms with Crippen LogP contribution in [0.5, 0.6) is 5.75 Å². The number of hydrogen-bond donors (Lipinski definition) is 0. The van der Waals surface area contributed by atoms with E-state index in [0.717, 1.165) is 34.2 Å². The van der Waals surface area contributed by atoms with Crippen LogP contribution in [0.4, 0.5) is 4.79 Å². The molecule has 4 nitrogen and oxygen atoms in total. The first-order valence-corrected chi connectivity index (χ1v) is 12.4. The fraction of sp³-hybridized carbons (Fsp3) is 0.0714. The van der Waals surface area contributed by atoms with Crippen LogP contribution in [-0.4, -0.2) is 16.0 Å². The van der Waals surface area contributed by atoms with Crippen molar-refractivity contribution in [1.29, 1.82) is 0 Å². The van der Waals surface area contributed by atoms with E-state index < -0.39 is 0 Å². The zero-order valence-electron chi connectivity index (χ0n) is 18.4. The minimum Gasteiger partial charge on any atom is -0.489 e. The topological polar surface area (TPSA) is 46.6 Å². The van der Waals surface area contributed by atoms with Gasteiger partial charge in [-0.3, -0.25) is 14.5 Å². The normalized spacial score (nSPS) is 14.8. The van der Waals surface area contributed by atoms with Crippen LogP contribution in [0.3, 0.4) is 0 Å². The molecule has 0 saturated carbocycles. The average molecular weight is 520 g/mol. The summed E-state index contributed by atoms with van der Waals surface area (Å²) in [7, 11) is 0. The second-order valence-electron chi connectivity index (χ2n) is 8.01. The summed E-state index contributed by atoms with van der Waals surface area (Å²) in [6.45, 7) is 0.591. The van der Waals surface area contributed by atoms with Gasteiger partial charge in [0.15, 0.2) is 0 Å². The highest BCUT2D eigenvalue weighted by atomic mass is 35.5. The Labute approximate surface area is 217 Å². The van der Waals surface area contributed by atoms with Crippen molar-refractivity contribution >= 4 is 63.0 Å². The molecule has 1 fully saturated rings. The van der Waals surface area contributed by atoms with Gasteiger partial charge >= 0.3 is 0 Å². The largest absolute Gasteiger partial charge is 0.489 e. The summed E-state index contributed by atoms with van der Waals surface area (Å²) in [5.41, 5.74) is 2.65. The Hall–Kier alpha value is -3.25. The Morgan fingerprint density at radius 1 is 0.857 bits per heavy atom. The molecule has 35 heavy (non-hydrogen) atoms. The molecule has 174 valence electrons. The number of carbonyl (C=O) groups excluding carboxylic acids is 2. The smallest absolute Gasteiger partial charge is 0.293 e. The van der Waals surface area contributed by atoms with E-state index in [9.17, 15) is 9.59 Å². The van der Waals surface area contributed by atoms with Crippen molar-refractivity contribution in [1.82, 2.24) is 4.90 Å². The average Bonchev–Trinajstić information content (AvgIpc) is 3.13. The van der Waals surface area contributed by atoms with E-state index in [-0.39, 0.29) is 17.7 Å². The Balaban J connectivity index is 1.25. The third-order valence-corrected chi connectivity index (χ3v) is 7.30. The van der Waals surface area contributed by atoms with Gasteiger partial charge in [0.25, 0.3) is 11.1 Å². The SMILES string of the molecule is O=C1S/C(=C/c2ccc(OCc3cccc4ccccc34)cc2)C(=O)N1Cc1ccc(Cl)c(Cl)c1. The molecule has 0 atom stereocenters. The fourth-order valence-corrected chi connectivity index (χ4v) is 5.01. The molecule has 0 bridgehead atoms. The first kappa shape index (κ1) is 23.5. The summed E-state index contributed by atoms with van der Waals surface area (Å²) >= 11 is 12.9. The highest BCUT2D eigenvalue weighted by molar-refractivity contribution is 8.18. The van der Waals surface area contributed by atoms with Crippen LogP contribution in [0, 0.1) is 0 Å². The van der Waals surface area contributed by atoms with Gasteiger partial charge in [-0.25, -0.2) is 0 Å². The predicted molar refractivity (Wildman–Crippen MR) is 143 cm³/mol. The highest BCUT2D eigenvalue weighted by Gasteiger charge is 2.35. The van der Waals surface area contributed by atoms with E-state index >= 15 is 0 Å². The zero-order chi connectivity index (χ0) is 24.4. The van der Waals surface area contributed by atoms with Gasteiger partial charge in [-0.15, -0.1) is 0 Å². The van der Waals surface area contributed by atoms with E-state index in [4.69, 9.17) is 27.9 Å². The first-order valence-electron chi connectivity index (χ1n) is 10.9. The Morgan fingerprint density at radius 2 is 1.63 bits per heavy atom. The molecule has 0 N–H and O–H groups in total. The monoisotopic (exact) mass is 519 g/mol. The summed E-state index contributed by atoms with van der Waals surface area (Å²) in [6, 6.07) is 26.9. The highest BCUT2D eigenvalue weighted by Crippen LogP contribution is 2.34. The van der Waals surface area contributed by atoms with Gasteiger partial charge in [0.05, 0.1) is 21.5 Å². The number of nitrogens with zero attached hydrogens (tertiary/aromatic N) is 1. The Kier molecular flexibility index (Phi) is 6.82. The molecule has 0 aliphatic carbocycles. The molecule has 1 aliphatic heterocycles. The van der Waals surface area contributed by atoms with E-state index in [2.05, 4.69) is 24.3 Å². The van der Waals surface area contributed by atoms with Crippen molar-refractivity contribution in [3.8, 4) is 5.75 Å². The second-order valence-corrected chi connectivity index (χ2v) is 9.82. The molecule has 1 aliphatic rings. The van der Waals surface area contributed by atoms with Crippen molar-refractivity contribution in [2.75, 3.05) is 0 Å². The molecule has 0 aromatic heterocycles. The van der Waals surface area contributed by atoms with Gasteiger partial charge in [-0.05, 0) is 69.6 Å². The van der Waals surface area contributed by atoms with Gasteiger partial charge in [0.2, 0.25) is 0 Å². The minimum atomic E-state index is -0.331. The number of halogens is 2. The predicted octanol–water partition coefficient (Wildman–Crippen LogP) is 7.96. The number of imide groups is 1. The molecule has 2 amide bonds. The number of rotatable bonds is 6. The number of fused-ring (bicyclic) bond motifs is 1. The lowest BCUT2D eigenvalue weighted by Gasteiger charge is -2.13. The third-order valence-electron chi connectivity index (χ3n) is 5.65. The number of hydrogen-bond acceptors (Lipinski definition) is 4. The summed E-state index contributed by atoms with van der Waals surface area (Å²) in [6.07, 6.45) is 1.72. The molecular formula is C28H19Cl2NO3S. The molecule has 4 aromatic rings. The van der Waals surface area contributed by atoms with Crippen LogP contribution in [0.1, 0.15) is 16.7 Å².